The zero-order valence-corrected chi connectivity index (χ0v) is 15.4. The lowest BCUT2D eigenvalue weighted by atomic mass is 9.85. The molecule has 2 atom stereocenters. The van der Waals surface area contributed by atoms with Crippen LogP contribution in [0.2, 0.25) is 0 Å². The molecule has 1 aromatic rings. The van der Waals surface area contributed by atoms with Gasteiger partial charge in [0.05, 0.1) is 23.2 Å². The average molecular weight is 367 g/mol. The van der Waals surface area contributed by atoms with E-state index in [0.717, 1.165) is 24.5 Å². The van der Waals surface area contributed by atoms with E-state index in [-0.39, 0.29) is 42.5 Å². The number of anilines is 2. The van der Waals surface area contributed by atoms with Crippen LogP contribution in [-0.4, -0.2) is 42.3 Å². The van der Waals surface area contributed by atoms with Crippen molar-refractivity contribution in [1.82, 2.24) is 4.90 Å². The lowest BCUT2D eigenvalue weighted by molar-refractivity contribution is -0.140. The Morgan fingerprint density at radius 2 is 1.63 bits per heavy atom. The molecule has 0 spiro atoms. The molecule has 1 N–H and O–H groups in total. The van der Waals surface area contributed by atoms with Gasteiger partial charge in [0, 0.05) is 26.1 Å². The van der Waals surface area contributed by atoms with Gasteiger partial charge in [-0.2, -0.15) is 0 Å². The van der Waals surface area contributed by atoms with Gasteiger partial charge in [-0.3, -0.25) is 19.3 Å². The van der Waals surface area contributed by atoms with E-state index in [4.69, 9.17) is 0 Å². The lowest BCUT2D eigenvalue weighted by Gasteiger charge is -2.21. The molecule has 0 radical (unpaired) electrons. The first-order valence-corrected chi connectivity index (χ1v) is 9.79. The van der Waals surface area contributed by atoms with Crippen molar-refractivity contribution in [1.29, 1.82) is 0 Å². The smallest absolute Gasteiger partial charge is 0.233 e. The van der Waals surface area contributed by atoms with Crippen LogP contribution in [0.1, 0.15) is 32.1 Å². The highest BCUT2D eigenvalue weighted by atomic mass is 16.2. The quantitative estimate of drug-likeness (QED) is 0.641. The van der Waals surface area contributed by atoms with Crippen molar-refractivity contribution >= 4 is 29.1 Å². The molecule has 2 saturated heterocycles. The van der Waals surface area contributed by atoms with Crippen LogP contribution < -0.4 is 10.2 Å². The molecule has 142 valence electrons. The molecule has 3 aliphatic rings. The molecule has 1 aliphatic carbocycles. The number of fused-ring (bicyclic) bond motifs is 1. The van der Waals surface area contributed by atoms with Crippen molar-refractivity contribution in [2.24, 2.45) is 11.8 Å². The normalized spacial score (nSPS) is 24.4. The molecule has 2 fully saturated rings. The third-order valence-corrected chi connectivity index (χ3v) is 5.79. The number of likely N-dealkylation sites (tertiary alicyclic amines) is 1. The van der Waals surface area contributed by atoms with E-state index < -0.39 is 0 Å². The van der Waals surface area contributed by atoms with Gasteiger partial charge in [0.1, 0.15) is 0 Å². The van der Waals surface area contributed by atoms with Gasteiger partial charge in [0.15, 0.2) is 0 Å². The van der Waals surface area contributed by atoms with Crippen molar-refractivity contribution in [2.75, 3.05) is 29.9 Å². The number of benzene rings is 1. The van der Waals surface area contributed by atoms with Crippen LogP contribution in [0.3, 0.4) is 0 Å². The zero-order valence-electron chi connectivity index (χ0n) is 15.4. The fraction of sp³-hybridized carbons (Fsp3) is 0.476. The standard InChI is InChI=1S/C21H25N3O3/c25-19(22-17-9-3-4-10-18(17)23-12-5-6-13-23)11-14-24-20(26)15-7-1-2-8-16(15)21(24)27/h1-4,9-10,15-16H,5-8,11-14H2,(H,22,25)/t15-,16-/m1/s1. The largest absolute Gasteiger partial charge is 0.370 e. The minimum atomic E-state index is -0.235. The predicted octanol–water partition coefficient (Wildman–Crippen LogP) is 2.57. The molecule has 3 amide bonds. The van der Waals surface area contributed by atoms with Crippen LogP contribution >= 0.6 is 0 Å². The minimum Gasteiger partial charge on any atom is -0.370 e. The Hall–Kier alpha value is -2.63. The summed E-state index contributed by atoms with van der Waals surface area (Å²) < 4.78 is 0. The molecule has 0 saturated carbocycles. The van der Waals surface area contributed by atoms with Crippen molar-refractivity contribution < 1.29 is 14.4 Å². The molecular formula is C21H25N3O3. The molecule has 1 aromatic carbocycles. The summed E-state index contributed by atoms with van der Waals surface area (Å²) in [7, 11) is 0. The Kier molecular flexibility index (Phi) is 4.97. The molecule has 0 bridgehead atoms. The van der Waals surface area contributed by atoms with Gasteiger partial charge >= 0.3 is 0 Å². The van der Waals surface area contributed by atoms with E-state index in [0.29, 0.717) is 12.8 Å². The first-order valence-electron chi connectivity index (χ1n) is 9.79. The van der Waals surface area contributed by atoms with Gasteiger partial charge in [-0.1, -0.05) is 24.3 Å². The highest BCUT2D eigenvalue weighted by Gasteiger charge is 2.46. The van der Waals surface area contributed by atoms with Crippen LogP contribution in [-0.2, 0) is 14.4 Å². The highest BCUT2D eigenvalue weighted by molar-refractivity contribution is 6.06. The maximum absolute atomic E-state index is 12.5. The number of carbonyl (C=O) groups is 3. The first-order chi connectivity index (χ1) is 13.1. The van der Waals surface area contributed by atoms with Gasteiger partial charge in [0.2, 0.25) is 17.7 Å². The van der Waals surface area contributed by atoms with Gasteiger partial charge in [-0.25, -0.2) is 0 Å². The fourth-order valence-electron chi connectivity index (χ4n) is 4.33. The number of nitrogens with zero attached hydrogens (tertiary/aromatic N) is 2. The number of nitrogens with one attached hydrogen (secondary N) is 1. The number of hydrogen-bond donors (Lipinski definition) is 1. The molecule has 2 heterocycles. The third kappa shape index (κ3) is 3.48. The van der Waals surface area contributed by atoms with Crippen molar-refractivity contribution in [3.8, 4) is 0 Å². The molecule has 0 aromatic heterocycles. The second-order valence-electron chi connectivity index (χ2n) is 7.49. The van der Waals surface area contributed by atoms with E-state index in [1.54, 1.807) is 0 Å². The van der Waals surface area contributed by atoms with Crippen LogP contribution in [0.5, 0.6) is 0 Å². The van der Waals surface area contributed by atoms with Crippen LogP contribution in [0.15, 0.2) is 36.4 Å². The summed E-state index contributed by atoms with van der Waals surface area (Å²) in [5.74, 6) is -0.891. The number of rotatable bonds is 5. The summed E-state index contributed by atoms with van der Waals surface area (Å²) in [5, 5.41) is 2.96. The number of carbonyl (C=O) groups excluding carboxylic acids is 3. The average Bonchev–Trinajstić information content (AvgIpc) is 3.29. The number of allylic oxidation sites excluding steroid dienone is 2. The summed E-state index contributed by atoms with van der Waals surface area (Å²) in [4.78, 5) is 41.0. The van der Waals surface area contributed by atoms with E-state index in [9.17, 15) is 14.4 Å². The van der Waals surface area contributed by atoms with E-state index in [1.807, 2.05) is 36.4 Å². The van der Waals surface area contributed by atoms with E-state index in [2.05, 4.69) is 10.2 Å². The van der Waals surface area contributed by atoms with E-state index in [1.165, 1.54) is 17.7 Å². The molecule has 4 rings (SSSR count). The topological polar surface area (TPSA) is 69.7 Å². The lowest BCUT2D eigenvalue weighted by Crippen LogP contribution is -2.34. The molecule has 27 heavy (non-hydrogen) atoms. The van der Waals surface area contributed by atoms with Gasteiger partial charge in [-0.15, -0.1) is 0 Å². The summed E-state index contributed by atoms with van der Waals surface area (Å²) in [6.45, 7) is 2.16. The monoisotopic (exact) mass is 367 g/mol. The minimum absolute atomic E-state index is 0.124. The zero-order chi connectivity index (χ0) is 18.8. The van der Waals surface area contributed by atoms with Gasteiger partial charge in [0.25, 0.3) is 0 Å². The maximum atomic E-state index is 12.5. The number of amides is 3. The summed E-state index contributed by atoms with van der Waals surface area (Å²) in [6.07, 6.45) is 7.65. The fourth-order valence-corrected chi connectivity index (χ4v) is 4.33. The summed E-state index contributed by atoms with van der Waals surface area (Å²) in [5.41, 5.74) is 1.83. The Morgan fingerprint density at radius 1 is 1.00 bits per heavy atom. The van der Waals surface area contributed by atoms with Crippen molar-refractivity contribution in [3.63, 3.8) is 0 Å². The van der Waals surface area contributed by atoms with E-state index >= 15 is 0 Å². The molecule has 6 heteroatoms. The molecule has 6 nitrogen and oxygen atoms in total. The third-order valence-electron chi connectivity index (χ3n) is 5.79. The summed E-state index contributed by atoms with van der Waals surface area (Å²) >= 11 is 0. The predicted molar refractivity (Wildman–Crippen MR) is 103 cm³/mol. The molecular weight excluding hydrogens is 342 g/mol. The Bertz CT molecular complexity index is 757. The maximum Gasteiger partial charge on any atom is 0.233 e. The second kappa shape index (κ2) is 7.55. The SMILES string of the molecule is O=C(CCN1C(=O)[C@@H]2CC=CC[C@H]2C1=O)Nc1ccccc1N1CCCC1. The van der Waals surface area contributed by atoms with Crippen molar-refractivity contribution in [3.05, 3.63) is 36.4 Å². The second-order valence-corrected chi connectivity index (χ2v) is 7.49. The number of para-hydroxylation sites is 2. The Morgan fingerprint density at radius 3 is 2.30 bits per heavy atom. The van der Waals surface area contributed by atoms with Crippen molar-refractivity contribution in [2.45, 2.75) is 32.1 Å². The Balaban J connectivity index is 1.37. The van der Waals surface area contributed by atoms with Crippen LogP contribution in [0, 0.1) is 11.8 Å². The summed E-state index contributed by atoms with van der Waals surface area (Å²) in [6, 6.07) is 7.80. The first kappa shape index (κ1) is 17.8. The number of hydrogen-bond acceptors (Lipinski definition) is 4. The Labute approximate surface area is 159 Å². The molecule has 0 unspecified atom stereocenters. The number of imide groups is 1. The van der Waals surface area contributed by atoms with Gasteiger partial charge < -0.3 is 10.2 Å². The van der Waals surface area contributed by atoms with Crippen LogP contribution in [0.4, 0.5) is 11.4 Å². The van der Waals surface area contributed by atoms with Gasteiger partial charge in [-0.05, 0) is 37.8 Å². The molecule has 2 aliphatic heterocycles. The van der Waals surface area contributed by atoms with Crippen LogP contribution in [0.25, 0.3) is 0 Å². The highest BCUT2D eigenvalue weighted by Crippen LogP contribution is 2.35.